The minimum absolute atomic E-state index is 0.0187. The van der Waals surface area contributed by atoms with Crippen molar-refractivity contribution in [2.45, 2.75) is 6.04 Å². The molecule has 1 heterocycles. The van der Waals surface area contributed by atoms with Gasteiger partial charge in [0.2, 0.25) is 5.90 Å². The van der Waals surface area contributed by atoms with Gasteiger partial charge in [0.1, 0.15) is 6.04 Å². The molecular weight excluding hydrogens is 246 g/mol. The number of rotatable bonds is 1. The number of hydrogen-bond acceptors (Lipinski definition) is 2. The molecule has 0 amide bonds. The SMILES string of the molecule is COC1=NC(c2cccc(Cl)c2)c2ccccc21. The van der Waals surface area contributed by atoms with Crippen LogP contribution in [0.4, 0.5) is 0 Å². The lowest BCUT2D eigenvalue weighted by Crippen LogP contribution is -1.99. The standard InChI is InChI=1S/C15H12ClNO/c1-18-15-13-8-3-2-7-12(13)14(17-15)10-5-4-6-11(16)9-10/h2-9,14H,1H3. The Morgan fingerprint density at radius 2 is 1.94 bits per heavy atom. The van der Waals surface area contributed by atoms with Crippen LogP contribution in [0.25, 0.3) is 0 Å². The van der Waals surface area contributed by atoms with Crippen molar-refractivity contribution in [2.75, 3.05) is 7.11 Å². The largest absolute Gasteiger partial charge is 0.481 e. The smallest absolute Gasteiger partial charge is 0.217 e. The van der Waals surface area contributed by atoms with Crippen LogP contribution in [0.3, 0.4) is 0 Å². The van der Waals surface area contributed by atoms with Crippen LogP contribution in [-0.4, -0.2) is 13.0 Å². The third-order valence-electron chi connectivity index (χ3n) is 3.09. The highest BCUT2D eigenvalue weighted by atomic mass is 35.5. The van der Waals surface area contributed by atoms with Crippen LogP contribution < -0.4 is 0 Å². The topological polar surface area (TPSA) is 21.6 Å². The Labute approximate surface area is 111 Å². The van der Waals surface area contributed by atoms with Crippen molar-refractivity contribution in [3.63, 3.8) is 0 Å². The van der Waals surface area contributed by atoms with E-state index in [-0.39, 0.29) is 6.04 Å². The number of ether oxygens (including phenoxy) is 1. The van der Waals surface area contributed by atoms with E-state index in [1.807, 2.05) is 42.5 Å². The maximum absolute atomic E-state index is 6.04. The summed E-state index contributed by atoms with van der Waals surface area (Å²) in [6.07, 6.45) is 0. The molecule has 2 aromatic carbocycles. The quantitative estimate of drug-likeness (QED) is 0.761. The number of nitrogens with zero attached hydrogens (tertiary/aromatic N) is 1. The maximum atomic E-state index is 6.04. The fourth-order valence-electron chi connectivity index (χ4n) is 2.28. The van der Waals surface area contributed by atoms with E-state index in [1.54, 1.807) is 7.11 Å². The van der Waals surface area contributed by atoms with Crippen molar-refractivity contribution in [1.82, 2.24) is 0 Å². The molecule has 2 nitrogen and oxygen atoms in total. The number of methoxy groups -OCH3 is 1. The number of fused-ring (bicyclic) bond motifs is 1. The second-order valence-electron chi connectivity index (χ2n) is 4.18. The van der Waals surface area contributed by atoms with Gasteiger partial charge in [-0.05, 0) is 29.3 Å². The average Bonchev–Trinajstić information content (AvgIpc) is 2.77. The van der Waals surface area contributed by atoms with Gasteiger partial charge in [0.05, 0.1) is 7.11 Å². The molecule has 0 saturated heterocycles. The lowest BCUT2D eigenvalue weighted by molar-refractivity contribution is 0.404. The zero-order valence-electron chi connectivity index (χ0n) is 9.93. The second-order valence-corrected chi connectivity index (χ2v) is 4.62. The van der Waals surface area contributed by atoms with Crippen LogP contribution in [-0.2, 0) is 4.74 Å². The van der Waals surface area contributed by atoms with Gasteiger partial charge in [-0.1, -0.05) is 41.9 Å². The predicted octanol–water partition coefficient (Wildman–Crippen LogP) is 3.84. The van der Waals surface area contributed by atoms with Crippen LogP contribution in [0.5, 0.6) is 0 Å². The molecule has 0 aromatic heterocycles. The molecule has 90 valence electrons. The first-order chi connectivity index (χ1) is 8.79. The first kappa shape index (κ1) is 11.3. The molecule has 0 bridgehead atoms. The van der Waals surface area contributed by atoms with Gasteiger partial charge in [0, 0.05) is 10.6 Å². The van der Waals surface area contributed by atoms with Crippen molar-refractivity contribution in [3.05, 3.63) is 70.2 Å². The van der Waals surface area contributed by atoms with Crippen molar-refractivity contribution < 1.29 is 4.74 Å². The van der Waals surface area contributed by atoms with E-state index in [4.69, 9.17) is 16.3 Å². The summed E-state index contributed by atoms with van der Waals surface area (Å²) in [6.45, 7) is 0. The second kappa shape index (κ2) is 4.46. The minimum Gasteiger partial charge on any atom is -0.481 e. The monoisotopic (exact) mass is 257 g/mol. The van der Waals surface area contributed by atoms with Crippen molar-refractivity contribution in [3.8, 4) is 0 Å². The van der Waals surface area contributed by atoms with Crippen molar-refractivity contribution in [2.24, 2.45) is 4.99 Å². The Morgan fingerprint density at radius 1 is 1.11 bits per heavy atom. The molecule has 0 spiro atoms. The lowest BCUT2D eigenvalue weighted by atomic mass is 9.98. The Balaban J connectivity index is 2.12. The number of aliphatic imine (C=N–C) groups is 1. The molecule has 2 aromatic rings. The van der Waals surface area contributed by atoms with E-state index in [2.05, 4.69) is 11.1 Å². The van der Waals surface area contributed by atoms with Gasteiger partial charge >= 0.3 is 0 Å². The summed E-state index contributed by atoms with van der Waals surface area (Å²) in [5, 5.41) is 0.728. The molecule has 0 N–H and O–H groups in total. The molecule has 1 aliphatic heterocycles. The molecule has 0 aliphatic carbocycles. The summed E-state index contributed by atoms with van der Waals surface area (Å²) in [6, 6.07) is 15.9. The fourth-order valence-corrected chi connectivity index (χ4v) is 2.48. The molecule has 3 rings (SSSR count). The highest BCUT2D eigenvalue weighted by Gasteiger charge is 2.26. The van der Waals surface area contributed by atoms with Gasteiger partial charge in [0.15, 0.2) is 0 Å². The molecule has 0 fully saturated rings. The van der Waals surface area contributed by atoms with Crippen molar-refractivity contribution in [1.29, 1.82) is 0 Å². The fraction of sp³-hybridized carbons (Fsp3) is 0.133. The first-order valence-electron chi connectivity index (χ1n) is 5.76. The van der Waals surface area contributed by atoms with Crippen LogP contribution in [0.15, 0.2) is 53.5 Å². The Hall–Kier alpha value is -1.80. The zero-order valence-corrected chi connectivity index (χ0v) is 10.7. The number of hydrogen-bond donors (Lipinski definition) is 0. The van der Waals surface area contributed by atoms with Gasteiger partial charge in [0.25, 0.3) is 0 Å². The number of halogens is 1. The van der Waals surface area contributed by atoms with E-state index < -0.39 is 0 Å². The summed E-state index contributed by atoms with van der Waals surface area (Å²) in [5.41, 5.74) is 3.31. The summed E-state index contributed by atoms with van der Waals surface area (Å²) >= 11 is 6.04. The average molecular weight is 258 g/mol. The lowest BCUT2D eigenvalue weighted by Gasteiger charge is -2.09. The van der Waals surface area contributed by atoms with E-state index in [1.165, 1.54) is 0 Å². The summed E-state index contributed by atoms with van der Waals surface area (Å²) in [4.78, 5) is 4.62. The molecule has 0 radical (unpaired) electrons. The third kappa shape index (κ3) is 1.79. The van der Waals surface area contributed by atoms with Crippen LogP contribution in [0, 0.1) is 0 Å². The van der Waals surface area contributed by atoms with Gasteiger partial charge in [-0.2, -0.15) is 0 Å². The Kier molecular flexibility index (Phi) is 2.80. The first-order valence-corrected chi connectivity index (χ1v) is 6.14. The van der Waals surface area contributed by atoms with Gasteiger partial charge in [-0.25, -0.2) is 4.99 Å². The van der Waals surface area contributed by atoms with Gasteiger partial charge < -0.3 is 4.74 Å². The molecule has 1 aliphatic rings. The third-order valence-corrected chi connectivity index (χ3v) is 3.32. The Bertz CT molecular complexity index is 621. The number of benzene rings is 2. The van der Waals surface area contributed by atoms with E-state index in [0.29, 0.717) is 5.90 Å². The molecule has 18 heavy (non-hydrogen) atoms. The van der Waals surface area contributed by atoms with E-state index >= 15 is 0 Å². The highest BCUT2D eigenvalue weighted by Crippen LogP contribution is 2.35. The summed E-state index contributed by atoms with van der Waals surface area (Å²) in [5.74, 6) is 0.690. The van der Waals surface area contributed by atoms with Crippen LogP contribution >= 0.6 is 11.6 Å². The van der Waals surface area contributed by atoms with E-state index in [0.717, 1.165) is 21.7 Å². The van der Waals surface area contributed by atoms with E-state index in [9.17, 15) is 0 Å². The molecule has 0 saturated carbocycles. The molecule has 3 heteroatoms. The van der Waals surface area contributed by atoms with Crippen molar-refractivity contribution >= 4 is 17.5 Å². The zero-order chi connectivity index (χ0) is 12.5. The summed E-state index contributed by atoms with van der Waals surface area (Å²) in [7, 11) is 1.65. The van der Waals surface area contributed by atoms with Gasteiger partial charge in [-0.3, -0.25) is 0 Å². The maximum Gasteiger partial charge on any atom is 0.217 e. The molecule has 1 unspecified atom stereocenters. The normalized spacial score (nSPS) is 17.2. The molecule has 1 atom stereocenters. The Morgan fingerprint density at radius 3 is 2.72 bits per heavy atom. The van der Waals surface area contributed by atoms with Crippen LogP contribution in [0.1, 0.15) is 22.7 Å². The van der Waals surface area contributed by atoms with Crippen LogP contribution in [0.2, 0.25) is 5.02 Å². The summed E-state index contributed by atoms with van der Waals surface area (Å²) < 4.78 is 5.34. The highest BCUT2D eigenvalue weighted by molar-refractivity contribution is 6.30. The predicted molar refractivity (Wildman–Crippen MR) is 73.3 cm³/mol. The minimum atomic E-state index is -0.0187. The van der Waals surface area contributed by atoms with Gasteiger partial charge in [-0.15, -0.1) is 0 Å². The molecular formula is C15H12ClNO.